The van der Waals surface area contributed by atoms with Crippen LogP contribution in [-0.2, 0) is 12.8 Å². The van der Waals surface area contributed by atoms with Crippen LogP contribution in [0.1, 0.15) is 41.5 Å². The number of hydrogen-bond acceptors (Lipinski definition) is 1. The largest absolute Gasteiger partial charge is 0.309 e. The molecule has 0 spiro atoms. The van der Waals surface area contributed by atoms with Crippen LogP contribution in [0.5, 0.6) is 0 Å². The van der Waals surface area contributed by atoms with E-state index in [-0.39, 0.29) is 0 Å². The first-order chi connectivity index (χ1) is 31.1. The third-order valence-corrected chi connectivity index (χ3v) is 14.4. The highest BCUT2D eigenvalue weighted by atomic mass is 32.2. The number of fused-ring (bicyclic) bond motifs is 6. The van der Waals surface area contributed by atoms with Crippen molar-refractivity contribution in [3.63, 3.8) is 0 Å². The molecule has 1 nitrogen and oxygen atoms in total. The van der Waals surface area contributed by atoms with Crippen molar-refractivity contribution in [2.75, 3.05) is 5.75 Å². The van der Waals surface area contributed by atoms with Gasteiger partial charge in [0.05, 0.1) is 11.0 Å². The monoisotopic (exact) mass is 827 g/mol. The van der Waals surface area contributed by atoms with Gasteiger partial charge in [0, 0.05) is 32.7 Å². The molecule has 1 atom stereocenters. The molecule has 0 saturated carbocycles. The lowest BCUT2D eigenvalue weighted by atomic mass is 9.81. The normalized spacial score (nSPS) is 12.8. The summed E-state index contributed by atoms with van der Waals surface area (Å²) in [6.07, 6.45) is 3.03. The van der Waals surface area contributed by atoms with Crippen LogP contribution in [0.3, 0.4) is 0 Å². The number of nitrogens with zero attached hydrogens (tertiary/aromatic N) is 1. The molecule has 2 heteroatoms. The standard InChI is InChI=1S/C61H49NS/c1-3-42(48-39-57(46-22-16-21-44(37-46)43-18-6-4-7-19-43)52-34-35-63-60-31-15-13-27-54(60)58(52)40-48)36-45-20-10-11-25-50(45)56-38-47(33-32-41(56)2)51-28-17-29-55-53-26-12-14-30-59(53)62(61(51)55)49-23-8-5-9-24-49/h4-33,37-40,42H,3,34-36H2,1-2H3. The summed E-state index contributed by atoms with van der Waals surface area (Å²) in [5.41, 5.74) is 22.2. The summed E-state index contributed by atoms with van der Waals surface area (Å²) < 4.78 is 2.45. The molecule has 1 aliphatic heterocycles. The Hall–Kier alpha value is -6.87. The Balaban J connectivity index is 1.03. The quantitative estimate of drug-likeness (QED) is 0.140. The summed E-state index contributed by atoms with van der Waals surface area (Å²) >= 11 is 1.99. The summed E-state index contributed by atoms with van der Waals surface area (Å²) in [6, 6.07) is 76.9. The summed E-state index contributed by atoms with van der Waals surface area (Å²) in [5.74, 6) is 1.40. The average Bonchev–Trinajstić information content (AvgIpc) is 3.57. The van der Waals surface area contributed by atoms with Crippen molar-refractivity contribution in [2.45, 2.75) is 43.9 Å². The van der Waals surface area contributed by atoms with Gasteiger partial charge in [-0.1, -0.05) is 177 Å². The zero-order valence-corrected chi connectivity index (χ0v) is 36.7. The third kappa shape index (κ3) is 7.19. The van der Waals surface area contributed by atoms with Crippen LogP contribution in [0, 0.1) is 6.92 Å². The fraction of sp³-hybridized carbons (Fsp3) is 0.115. The molecule has 2 heterocycles. The van der Waals surface area contributed by atoms with Crippen molar-refractivity contribution in [3.05, 3.63) is 229 Å². The molecule has 0 saturated heterocycles. The van der Waals surface area contributed by atoms with E-state index in [1.165, 1.54) is 110 Å². The van der Waals surface area contributed by atoms with Crippen molar-refractivity contribution in [3.8, 4) is 61.3 Å². The lowest BCUT2D eigenvalue weighted by Gasteiger charge is -2.23. The smallest absolute Gasteiger partial charge is 0.0619 e. The van der Waals surface area contributed by atoms with Gasteiger partial charge in [-0.25, -0.2) is 0 Å². The Kier molecular flexibility index (Phi) is 10.4. The number of hydrogen-bond donors (Lipinski definition) is 0. The van der Waals surface area contributed by atoms with Gasteiger partial charge in [-0.2, -0.15) is 0 Å². The first kappa shape index (κ1) is 39.0. The van der Waals surface area contributed by atoms with Gasteiger partial charge < -0.3 is 4.57 Å². The second-order valence-corrected chi connectivity index (χ2v) is 18.2. The molecule has 11 rings (SSSR count). The van der Waals surface area contributed by atoms with Gasteiger partial charge in [0.15, 0.2) is 0 Å². The average molecular weight is 828 g/mol. The first-order valence-corrected chi connectivity index (χ1v) is 23.4. The lowest BCUT2D eigenvalue weighted by molar-refractivity contribution is 0.661. The molecule has 10 aromatic rings. The van der Waals surface area contributed by atoms with E-state index < -0.39 is 0 Å². The van der Waals surface area contributed by atoms with E-state index >= 15 is 0 Å². The van der Waals surface area contributed by atoms with Crippen molar-refractivity contribution < 1.29 is 0 Å². The van der Waals surface area contributed by atoms with Gasteiger partial charge in [0.1, 0.15) is 0 Å². The summed E-state index contributed by atoms with van der Waals surface area (Å²) in [6.45, 7) is 4.64. The fourth-order valence-corrected chi connectivity index (χ4v) is 11.2. The molecular formula is C61H49NS. The maximum Gasteiger partial charge on any atom is 0.0619 e. The van der Waals surface area contributed by atoms with Crippen LogP contribution in [0.4, 0.5) is 0 Å². The molecule has 304 valence electrons. The minimum absolute atomic E-state index is 0.328. The van der Waals surface area contributed by atoms with E-state index in [4.69, 9.17) is 0 Å². The highest BCUT2D eigenvalue weighted by molar-refractivity contribution is 7.99. The Morgan fingerprint density at radius 3 is 2.00 bits per heavy atom. The van der Waals surface area contributed by atoms with E-state index in [2.05, 4.69) is 225 Å². The minimum atomic E-state index is 0.328. The van der Waals surface area contributed by atoms with Crippen molar-refractivity contribution in [1.29, 1.82) is 0 Å². The molecular weight excluding hydrogens is 779 g/mol. The molecule has 1 unspecified atom stereocenters. The molecule has 1 aliphatic rings. The van der Waals surface area contributed by atoms with Gasteiger partial charge in [-0.3, -0.25) is 0 Å². The molecule has 0 fully saturated rings. The number of aromatic nitrogens is 1. The zero-order chi connectivity index (χ0) is 42.3. The van der Waals surface area contributed by atoms with Gasteiger partial charge in [-0.15, -0.1) is 11.8 Å². The highest BCUT2D eigenvalue weighted by Crippen LogP contribution is 2.45. The Bertz CT molecular complexity index is 3280. The second-order valence-electron chi connectivity index (χ2n) is 17.0. The van der Waals surface area contributed by atoms with Gasteiger partial charge in [0.25, 0.3) is 0 Å². The molecule has 0 radical (unpaired) electrons. The minimum Gasteiger partial charge on any atom is -0.309 e. The molecule has 0 aliphatic carbocycles. The molecule has 9 aromatic carbocycles. The van der Waals surface area contributed by atoms with Crippen molar-refractivity contribution in [2.24, 2.45) is 0 Å². The van der Waals surface area contributed by atoms with E-state index in [9.17, 15) is 0 Å². The van der Waals surface area contributed by atoms with E-state index in [1.54, 1.807) is 0 Å². The molecule has 63 heavy (non-hydrogen) atoms. The SMILES string of the molecule is CCC(Cc1ccccc1-c1cc(-c2cccc3c4ccccc4n(-c4ccccc4)c23)ccc1C)c1cc(-c2cccc(-c3ccccc3)c2)c2c(c1)-c1ccccc1SCC2. The summed E-state index contributed by atoms with van der Waals surface area (Å²) in [5, 5.41) is 2.54. The van der Waals surface area contributed by atoms with Crippen molar-refractivity contribution in [1.82, 2.24) is 4.57 Å². The van der Waals surface area contributed by atoms with Gasteiger partial charge in [-0.05, 0) is 141 Å². The van der Waals surface area contributed by atoms with E-state index in [1.807, 2.05) is 11.8 Å². The van der Waals surface area contributed by atoms with E-state index in [0.717, 1.165) is 25.0 Å². The number of rotatable bonds is 9. The zero-order valence-electron chi connectivity index (χ0n) is 35.9. The Labute approximate surface area is 375 Å². The fourth-order valence-electron chi connectivity index (χ4n) is 10.2. The second kappa shape index (κ2) is 16.8. The summed E-state index contributed by atoms with van der Waals surface area (Å²) in [4.78, 5) is 1.38. The topological polar surface area (TPSA) is 4.93 Å². The number of benzene rings is 9. The predicted octanol–water partition coefficient (Wildman–Crippen LogP) is 16.8. The van der Waals surface area contributed by atoms with Crippen LogP contribution in [0.15, 0.2) is 211 Å². The van der Waals surface area contributed by atoms with Crippen LogP contribution in [0.25, 0.3) is 83.1 Å². The highest BCUT2D eigenvalue weighted by Gasteiger charge is 2.24. The van der Waals surface area contributed by atoms with Crippen LogP contribution in [-0.4, -0.2) is 10.3 Å². The number of thioether (sulfide) groups is 1. The molecule has 0 amide bonds. The van der Waals surface area contributed by atoms with E-state index in [0.29, 0.717) is 5.92 Å². The predicted molar refractivity (Wildman–Crippen MR) is 270 cm³/mol. The third-order valence-electron chi connectivity index (χ3n) is 13.3. The molecule has 0 bridgehead atoms. The maximum atomic E-state index is 2.56. The number of para-hydroxylation sites is 3. The van der Waals surface area contributed by atoms with Crippen molar-refractivity contribution >= 4 is 33.6 Å². The van der Waals surface area contributed by atoms with Gasteiger partial charge in [0.2, 0.25) is 0 Å². The summed E-state index contributed by atoms with van der Waals surface area (Å²) in [7, 11) is 0. The molecule has 1 aromatic heterocycles. The Morgan fingerprint density at radius 1 is 0.492 bits per heavy atom. The van der Waals surface area contributed by atoms with Crippen LogP contribution in [0.2, 0.25) is 0 Å². The van der Waals surface area contributed by atoms with Crippen LogP contribution >= 0.6 is 11.8 Å². The maximum absolute atomic E-state index is 2.56. The molecule has 0 N–H and O–H groups in total. The van der Waals surface area contributed by atoms with Crippen LogP contribution < -0.4 is 0 Å². The first-order valence-electron chi connectivity index (χ1n) is 22.4. The van der Waals surface area contributed by atoms with Gasteiger partial charge >= 0.3 is 0 Å². The number of aryl methyl sites for hydroxylation is 1. The lowest BCUT2D eigenvalue weighted by Crippen LogP contribution is -2.06. The Morgan fingerprint density at radius 2 is 1.14 bits per heavy atom.